The first kappa shape index (κ1) is 17.5. The molecular weight excluding hydrogens is 288 g/mol. The zero-order chi connectivity index (χ0) is 17.1. The van der Waals surface area contributed by atoms with Gasteiger partial charge in [-0.1, -0.05) is 13.8 Å². The molecule has 1 aromatic heterocycles. The number of amides is 1. The summed E-state index contributed by atoms with van der Waals surface area (Å²) in [5.41, 5.74) is 10.3. The fraction of sp³-hybridized carbons (Fsp3) is 0.526. The standard InChI is InChI=1S/C19H28N2O2/c1-12(2)17(20)6-7-21(5)19(22)10-15-11-23-18-9-14(4)13(3)8-16(15)18/h8-9,11-12,17H,6-7,10,20H2,1-5H3. The van der Waals surface area contributed by atoms with E-state index in [4.69, 9.17) is 10.2 Å². The Balaban J connectivity index is 2.04. The minimum Gasteiger partial charge on any atom is -0.464 e. The van der Waals surface area contributed by atoms with Crippen molar-refractivity contribution in [3.05, 3.63) is 35.1 Å². The number of rotatable bonds is 6. The van der Waals surface area contributed by atoms with Gasteiger partial charge < -0.3 is 15.1 Å². The molecule has 0 fully saturated rings. The van der Waals surface area contributed by atoms with E-state index in [1.165, 1.54) is 11.1 Å². The second-order valence-electron chi connectivity index (χ2n) is 6.88. The summed E-state index contributed by atoms with van der Waals surface area (Å²) in [6.45, 7) is 9.04. The van der Waals surface area contributed by atoms with Crippen LogP contribution in [0.3, 0.4) is 0 Å². The van der Waals surface area contributed by atoms with E-state index in [1.807, 2.05) is 13.1 Å². The number of hydrogen-bond acceptors (Lipinski definition) is 3. The maximum absolute atomic E-state index is 12.4. The molecule has 0 bridgehead atoms. The fourth-order valence-corrected chi connectivity index (χ4v) is 2.57. The first-order chi connectivity index (χ1) is 10.8. The quantitative estimate of drug-likeness (QED) is 0.888. The molecule has 1 heterocycles. The van der Waals surface area contributed by atoms with Gasteiger partial charge in [0.1, 0.15) is 5.58 Å². The molecule has 0 aliphatic carbocycles. The van der Waals surface area contributed by atoms with Gasteiger partial charge in [-0.3, -0.25) is 4.79 Å². The van der Waals surface area contributed by atoms with E-state index in [-0.39, 0.29) is 11.9 Å². The monoisotopic (exact) mass is 316 g/mol. The van der Waals surface area contributed by atoms with Gasteiger partial charge in [0.05, 0.1) is 12.7 Å². The smallest absolute Gasteiger partial charge is 0.226 e. The summed E-state index contributed by atoms with van der Waals surface area (Å²) in [5.74, 6) is 0.532. The molecule has 1 aromatic carbocycles. The van der Waals surface area contributed by atoms with Crippen molar-refractivity contribution in [3.63, 3.8) is 0 Å². The van der Waals surface area contributed by atoms with Crippen LogP contribution in [0.25, 0.3) is 11.0 Å². The van der Waals surface area contributed by atoms with Crippen molar-refractivity contribution in [2.24, 2.45) is 11.7 Å². The van der Waals surface area contributed by atoms with Gasteiger partial charge in [0.15, 0.2) is 0 Å². The van der Waals surface area contributed by atoms with Crippen LogP contribution in [0.5, 0.6) is 0 Å². The van der Waals surface area contributed by atoms with Gasteiger partial charge in [0, 0.05) is 30.6 Å². The lowest BCUT2D eigenvalue weighted by Gasteiger charge is -2.21. The third kappa shape index (κ3) is 4.14. The highest BCUT2D eigenvalue weighted by atomic mass is 16.3. The minimum absolute atomic E-state index is 0.0990. The number of furan rings is 1. The van der Waals surface area contributed by atoms with Crippen LogP contribution in [0.1, 0.15) is 37.0 Å². The fourth-order valence-electron chi connectivity index (χ4n) is 2.57. The second-order valence-corrected chi connectivity index (χ2v) is 6.88. The Labute approximate surface area is 138 Å². The lowest BCUT2D eigenvalue weighted by molar-refractivity contribution is -0.129. The van der Waals surface area contributed by atoms with E-state index in [2.05, 4.69) is 33.8 Å². The third-order valence-electron chi connectivity index (χ3n) is 4.69. The van der Waals surface area contributed by atoms with Crippen molar-refractivity contribution in [2.45, 2.75) is 46.6 Å². The third-order valence-corrected chi connectivity index (χ3v) is 4.69. The van der Waals surface area contributed by atoms with Crippen LogP contribution >= 0.6 is 0 Å². The molecule has 4 nitrogen and oxygen atoms in total. The largest absolute Gasteiger partial charge is 0.464 e. The zero-order valence-electron chi connectivity index (χ0n) is 14.8. The molecular formula is C19H28N2O2. The van der Waals surface area contributed by atoms with Crippen molar-refractivity contribution in [2.75, 3.05) is 13.6 Å². The van der Waals surface area contributed by atoms with Crippen molar-refractivity contribution in [1.29, 1.82) is 0 Å². The number of benzene rings is 1. The number of hydrogen-bond donors (Lipinski definition) is 1. The minimum atomic E-state index is 0.0990. The highest BCUT2D eigenvalue weighted by Crippen LogP contribution is 2.25. The van der Waals surface area contributed by atoms with Gasteiger partial charge in [-0.05, 0) is 49.4 Å². The number of nitrogens with zero attached hydrogens (tertiary/aromatic N) is 1. The van der Waals surface area contributed by atoms with E-state index in [1.54, 1.807) is 11.2 Å². The molecule has 126 valence electrons. The highest BCUT2D eigenvalue weighted by molar-refractivity contribution is 5.88. The molecule has 0 aliphatic rings. The predicted molar refractivity (Wildman–Crippen MR) is 94.5 cm³/mol. The summed E-state index contributed by atoms with van der Waals surface area (Å²) in [7, 11) is 1.84. The van der Waals surface area contributed by atoms with Gasteiger partial charge in [-0.2, -0.15) is 0 Å². The number of aryl methyl sites for hydroxylation is 2. The van der Waals surface area contributed by atoms with Crippen LogP contribution in [-0.2, 0) is 11.2 Å². The summed E-state index contributed by atoms with van der Waals surface area (Å²) in [6.07, 6.45) is 2.89. The van der Waals surface area contributed by atoms with Gasteiger partial charge in [0.25, 0.3) is 0 Å². The predicted octanol–water partition coefficient (Wildman–Crippen LogP) is 3.42. The average molecular weight is 316 g/mol. The topological polar surface area (TPSA) is 59.5 Å². The molecule has 2 rings (SSSR count). The van der Waals surface area contributed by atoms with Crippen LogP contribution in [0, 0.1) is 19.8 Å². The average Bonchev–Trinajstić information content (AvgIpc) is 2.86. The van der Waals surface area contributed by atoms with Crippen LogP contribution in [0.15, 0.2) is 22.8 Å². The maximum atomic E-state index is 12.4. The summed E-state index contributed by atoms with van der Waals surface area (Å²) in [5, 5.41) is 1.04. The normalized spacial score (nSPS) is 12.8. The Hall–Kier alpha value is -1.81. The van der Waals surface area contributed by atoms with Crippen LogP contribution in [0.4, 0.5) is 0 Å². The molecule has 4 heteroatoms. The summed E-state index contributed by atoms with van der Waals surface area (Å²) in [4.78, 5) is 14.2. The number of likely N-dealkylation sites (N-methyl/N-ethyl adjacent to an activating group) is 1. The maximum Gasteiger partial charge on any atom is 0.226 e. The molecule has 2 aromatic rings. The van der Waals surface area contributed by atoms with Gasteiger partial charge in [0.2, 0.25) is 5.91 Å². The summed E-state index contributed by atoms with van der Waals surface area (Å²) < 4.78 is 5.60. The van der Waals surface area contributed by atoms with Crippen LogP contribution in [-0.4, -0.2) is 30.4 Å². The SMILES string of the molecule is Cc1cc2occ(CC(=O)N(C)CCC(N)C(C)C)c2cc1C. The van der Waals surface area contributed by atoms with E-state index in [0.29, 0.717) is 18.9 Å². The Kier molecular flexibility index (Phi) is 5.47. The Morgan fingerprint density at radius 2 is 1.91 bits per heavy atom. The van der Waals surface area contributed by atoms with E-state index in [9.17, 15) is 4.79 Å². The molecule has 0 aliphatic heterocycles. The molecule has 0 saturated carbocycles. The van der Waals surface area contributed by atoms with Crippen molar-refractivity contribution >= 4 is 16.9 Å². The molecule has 23 heavy (non-hydrogen) atoms. The van der Waals surface area contributed by atoms with Gasteiger partial charge >= 0.3 is 0 Å². The van der Waals surface area contributed by atoms with Crippen LogP contribution in [0.2, 0.25) is 0 Å². The number of fused-ring (bicyclic) bond motifs is 1. The zero-order valence-corrected chi connectivity index (χ0v) is 14.8. The van der Waals surface area contributed by atoms with E-state index >= 15 is 0 Å². The van der Waals surface area contributed by atoms with E-state index < -0.39 is 0 Å². The molecule has 1 amide bonds. The molecule has 0 saturated heterocycles. The van der Waals surface area contributed by atoms with Crippen molar-refractivity contribution in [1.82, 2.24) is 4.90 Å². The Morgan fingerprint density at radius 1 is 1.26 bits per heavy atom. The van der Waals surface area contributed by atoms with Crippen molar-refractivity contribution in [3.8, 4) is 0 Å². The highest BCUT2D eigenvalue weighted by Gasteiger charge is 2.16. The molecule has 1 atom stereocenters. The molecule has 0 spiro atoms. The molecule has 0 radical (unpaired) electrons. The van der Waals surface area contributed by atoms with Crippen LogP contribution < -0.4 is 5.73 Å². The van der Waals surface area contributed by atoms with Gasteiger partial charge in [-0.15, -0.1) is 0 Å². The number of carbonyl (C=O) groups excluding carboxylic acids is 1. The van der Waals surface area contributed by atoms with Gasteiger partial charge in [-0.25, -0.2) is 0 Å². The first-order valence-corrected chi connectivity index (χ1v) is 8.26. The second kappa shape index (κ2) is 7.18. The Bertz CT molecular complexity index is 688. The molecule has 1 unspecified atom stereocenters. The van der Waals surface area contributed by atoms with E-state index in [0.717, 1.165) is 23.0 Å². The first-order valence-electron chi connectivity index (χ1n) is 8.26. The number of carbonyl (C=O) groups is 1. The lowest BCUT2D eigenvalue weighted by Crippen LogP contribution is -2.35. The lowest BCUT2D eigenvalue weighted by atomic mass is 10.0. The number of nitrogens with two attached hydrogens (primary N) is 1. The van der Waals surface area contributed by atoms with Crippen molar-refractivity contribution < 1.29 is 9.21 Å². The Morgan fingerprint density at radius 3 is 2.57 bits per heavy atom. The summed E-state index contributed by atoms with van der Waals surface area (Å²) in [6, 6.07) is 4.26. The summed E-state index contributed by atoms with van der Waals surface area (Å²) >= 11 is 0. The molecule has 2 N–H and O–H groups in total.